The number of hydrogen-bond acceptors (Lipinski definition) is 2. The first-order valence-electron chi connectivity index (χ1n) is 2.55. The predicted molar refractivity (Wildman–Crippen MR) is 37.8 cm³/mol. The molecule has 0 unspecified atom stereocenters. The Morgan fingerprint density at radius 2 is 2.44 bits per heavy atom. The molecule has 0 aliphatic carbocycles. The number of carbonyl (C=O) groups is 1. The molecule has 0 aromatic carbocycles. The Morgan fingerprint density at radius 3 is 2.67 bits per heavy atom. The zero-order valence-electron chi connectivity index (χ0n) is 5.05. The van der Waals surface area contributed by atoms with Crippen LogP contribution in [-0.4, -0.2) is 20.3 Å². The number of nitrogen functional groups attached to an aromatic ring is 1. The van der Waals surface area contributed by atoms with E-state index in [4.69, 9.17) is 5.73 Å². The Labute approximate surface area is 59.4 Å². The molecule has 1 heterocycles. The van der Waals surface area contributed by atoms with E-state index in [1.807, 2.05) is 4.94 Å². The van der Waals surface area contributed by atoms with Gasteiger partial charge >= 0.3 is 58.9 Å². The van der Waals surface area contributed by atoms with Gasteiger partial charge in [-0.3, -0.25) is 0 Å². The first-order chi connectivity index (χ1) is 4.22. The summed E-state index contributed by atoms with van der Waals surface area (Å²) in [5.74, 6) is 0.109. The van der Waals surface area contributed by atoms with Gasteiger partial charge in [0, 0.05) is 0 Å². The van der Waals surface area contributed by atoms with Gasteiger partial charge in [-0.25, -0.2) is 0 Å². The second-order valence-electron chi connectivity index (χ2n) is 1.76. The predicted octanol–water partition coefficient (Wildman–Crippen LogP) is 0.528. The van der Waals surface area contributed by atoms with Crippen molar-refractivity contribution in [3.05, 3.63) is 15.4 Å². The summed E-state index contributed by atoms with van der Waals surface area (Å²) in [7, 11) is 0. The van der Waals surface area contributed by atoms with Gasteiger partial charge in [0.2, 0.25) is 0 Å². The Kier molecular flexibility index (Phi) is 1.74. The van der Waals surface area contributed by atoms with Crippen LogP contribution in [0.5, 0.6) is 0 Å². The maximum absolute atomic E-state index is 10.7. The summed E-state index contributed by atoms with van der Waals surface area (Å²) < 4.78 is 0.808. The van der Waals surface area contributed by atoms with E-state index in [0.29, 0.717) is 5.69 Å². The molecule has 0 aliphatic heterocycles. The van der Waals surface area contributed by atoms with Gasteiger partial charge in [0.25, 0.3) is 0 Å². The van der Waals surface area contributed by atoms with Crippen LogP contribution < -0.4 is 5.73 Å². The van der Waals surface area contributed by atoms with Gasteiger partial charge in [-0.1, -0.05) is 0 Å². The van der Waals surface area contributed by atoms with Crippen molar-refractivity contribution < 1.29 is 4.79 Å². The number of carbonyl (C=O) groups excluding carboxylic acids is 1. The number of Topliss-reactive ketones (excluding diaryl/α,β-unsaturated/α-hetero) is 1. The van der Waals surface area contributed by atoms with Crippen molar-refractivity contribution in [2.24, 2.45) is 0 Å². The average Bonchev–Trinajstić information content (AvgIpc) is 2.13. The molecular weight excluding hydrogens is 181 g/mol. The number of ketones is 1. The van der Waals surface area contributed by atoms with E-state index in [-0.39, 0.29) is 20.3 Å². The molecule has 2 nitrogen and oxygen atoms in total. The Bertz CT molecular complexity index is 229. The molecule has 0 saturated heterocycles. The Balaban J connectivity index is 3.08. The van der Waals surface area contributed by atoms with Crippen LogP contribution in [0.15, 0.2) is 11.0 Å². The molecule has 48 valence electrons. The van der Waals surface area contributed by atoms with Crippen molar-refractivity contribution in [2.45, 2.75) is 6.92 Å². The van der Waals surface area contributed by atoms with E-state index < -0.39 is 0 Å². The molecule has 0 fully saturated rings. The molecule has 0 aliphatic rings. The SMILES string of the molecule is CC(=O)c1[se]ccc1N. The summed E-state index contributed by atoms with van der Waals surface area (Å²) in [6.07, 6.45) is 0. The molecule has 1 rings (SSSR count). The number of anilines is 1. The molecule has 9 heavy (non-hydrogen) atoms. The number of rotatable bonds is 1. The standard InChI is InChI=1S/C6H7NOSe/c1-4(8)6-5(7)2-3-9-6/h2-3H,7H2,1H3. The Hall–Kier alpha value is -0.531. The molecule has 2 N–H and O–H groups in total. The van der Waals surface area contributed by atoms with Crippen LogP contribution in [0.2, 0.25) is 0 Å². The van der Waals surface area contributed by atoms with E-state index >= 15 is 0 Å². The van der Waals surface area contributed by atoms with Crippen LogP contribution >= 0.6 is 0 Å². The monoisotopic (exact) mass is 189 g/mol. The molecule has 0 atom stereocenters. The molecule has 1 aromatic rings. The first kappa shape index (κ1) is 6.59. The van der Waals surface area contributed by atoms with Crippen molar-refractivity contribution in [2.75, 3.05) is 5.73 Å². The van der Waals surface area contributed by atoms with Gasteiger partial charge < -0.3 is 0 Å². The van der Waals surface area contributed by atoms with E-state index in [1.54, 1.807) is 13.0 Å². The van der Waals surface area contributed by atoms with Crippen LogP contribution in [-0.2, 0) is 0 Å². The molecular formula is C6H7NOSe. The average molecular weight is 188 g/mol. The fourth-order valence-corrected chi connectivity index (χ4v) is 2.12. The normalized spacial score (nSPS) is 9.44. The summed E-state index contributed by atoms with van der Waals surface area (Å²) in [5, 5.41) is 0. The van der Waals surface area contributed by atoms with Crippen molar-refractivity contribution >= 4 is 26.0 Å². The van der Waals surface area contributed by atoms with Crippen LogP contribution in [0.4, 0.5) is 5.69 Å². The third kappa shape index (κ3) is 1.23. The maximum atomic E-state index is 10.7. The van der Waals surface area contributed by atoms with Crippen LogP contribution in [0.3, 0.4) is 0 Å². The van der Waals surface area contributed by atoms with Gasteiger partial charge in [-0.15, -0.1) is 0 Å². The molecule has 0 radical (unpaired) electrons. The fraction of sp³-hybridized carbons (Fsp3) is 0.167. The fourth-order valence-electron chi connectivity index (χ4n) is 0.605. The van der Waals surface area contributed by atoms with Crippen molar-refractivity contribution in [3.63, 3.8) is 0 Å². The molecule has 0 bridgehead atoms. The van der Waals surface area contributed by atoms with E-state index in [2.05, 4.69) is 0 Å². The minimum absolute atomic E-state index is 0.109. The third-order valence-electron chi connectivity index (χ3n) is 1.02. The summed E-state index contributed by atoms with van der Waals surface area (Å²) in [6.45, 7) is 1.55. The number of nitrogens with two attached hydrogens (primary N) is 1. The second-order valence-corrected chi connectivity index (χ2v) is 3.68. The zero-order chi connectivity index (χ0) is 6.85. The topological polar surface area (TPSA) is 43.1 Å². The van der Waals surface area contributed by atoms with E-state index in [9.17, 15) is 4.79 Å². The molecule has 0 saturated carbocycles. The van der Waals surface area contributed by atoms with Crippen molar-refractivity contribution in [3.8, 4) is 0 Å². The molecule has 3 heteroatoms. The van der Waals surface area contributed by atoms with Gasteiger partial charge in [0.1, 0.15) is 0 Å². The van der Waals surface area contributed by atoms with Crippen LogP contribution in [0.25, 0.3) is 0 Å². The quantitative estimate of drug-likeness (QED) is 0.516. The van der Waals surface area contributed by atoms with Crippen molar-refractivity contribution in [1.29, 1.82) is 0 Å². The summed E-state index contributed by atoms with van der Waals surface area (Å²) in [6, 6.07) is 1.80. The van der Waals surface area contributed by atoms with Gasteiger partial charge in [0.05, 0.1) is 0 Å². The van der Waals surface area contributed by atoms with Crippen LogP contribution in [0, 0.1) is 0 Å². The van der Waals surface area contributed by atoms with Gasteiger partial charge in [0.15, 0.2) is 0 Å². The summed E-state index contributed by atoms with van der Waals surface area (Å²) >= 11 is 0.204. The molecule has 1 aromatic heterocycles. The van der Waals surface area contributed by atoms with Crippen LogP contribution in [0.1, 0.15) is 16.2 Å². The molecule has 0 spiro atoms. The minimum atomic E-state index is 0.109. The zero-order valence-corrected chi connectivity index (χ0v) is 6.76. The second kappa shape index (κ2) is 2.38. The van der Waals surface area contributed by atoms with E-state index in [0.717, 1.165) is 4.44 Å². The molecule has 0 amide bonds. The third-order valence-corrected chi connectivity index (χ3v) is 3.18. The summed E-state index contributed by atoms with van der Waals surface area (Å²) in [4.78, 5) is 12.7. The van der Waals surface area contributed by atoms with E-state index in [1.165, 1.54) is 0 Å². The van der Waals surface area contributed by atoms with Gasteiger partial charge in [-0.2, -0.15) is 0 Å². The number of hydrogen-bond donors (Lipinski definition) is 1. The van der Waals surface area contributed by atoms with Crippen molar-refractivity contribution in [1.82, 2.24) is 0 Å². The first-order valence-corrected chi connectivity index (χ1v) is 4.40. The van der Waals surface area contributed by atoms with Gasteiger partial charge in [-0.05, 0) is 0 Å². The Morgan fingerprint density at radius 1 is 1.78 bits per heavy atom. The summed E-state index contributed by atoms with van der Waals surface area (Å²) in [5.41, 5.74) is 6.12.